The van der Waals surface area contributed by atoms with E-state index in [1.165, 1.54) is 11.1 Å². The zero-order chi connectivity index (χ0) is 9.80. The molecule has 0 saturated carbocycles. The molecule has 0 atom stereocenters. The monoisotopic (exact) mass is 184 g/mol. The zero-order valence-electron chi connectivity index (χ0n) is 8.09. The Labute approximate surface area is 83.7 Å². The average molecular weight is 184 g/mol. The third kappa shape index (κ3) is 1.79. The molecular weight excluding hydrogens is 172 g/mol. The molecule has 0 aliphatic heterocycles. The first-order valence-corrected chi connectivity index (χ1v) is 4.68. The largest absolute Gasteiger partial charge is 0.265 e. The van der Waals surface area contributed by atoms with E-state index in [4.69, 9.17) is 0 Å². The molecule has 0 fully saturated rings. The van der Waals surface area contributed by atoms with Crippen LogP contribution in [-0.2, 0) is 0 Å². The average Bonchev–Trinajstić information content (AvgIpc) is 2.30. The van der Waals surface area contributed by atoms with Crippen molar-refractivity contribution in [3.63, 3.8) is 0 Å². The lowest BCUT2D eigenvalue weighted by atomic mass is 9.95. The maximum Gasteiger partial charge on any atom is 0.0270 e. The van der Waals surface area contributed by atoms with E-state index in [9.17, 15) is 0 Å². The second-order valence-electron chi connectivity index (χ2n) is 3.28. The Morgan fingerprint density at radius 2 is 1.14 bits per heavy atom. The highest BCUT2D eigenvalue weighted by Crippen LogP contribution is 2.22. The van der Waals surface area contributed by atoms with Crippen molar-refractivity contribution in [3.05, 3.63) is 60.2 Å². The van der Waals surface area contributed by atoms with Gasteiger partial charge in [-0.1, -0.05) is 6.92 Å². The van der Waals surface area contributed by atoms with Crippen molar-refractivity contribution in [2.45, 2.75) is 12.8 Å². The van der Waals surface area contributed by atoms with Crippen molar-refractivity contribution < 1.29 is 0 Å². The smallest absolute Gasteiger partial charge is 0.0270 e. The van der Waals surface area contributed by atoms with Crippen LogP contribution in [0.2, 0.25) is 0 Å². The second-order valence-corrected chi connectivity index (χ2v) is 3.28. The molecule has 0 aliphatic carbocycles. The lowest BCUT2D eigenvalue weighted by Gasteiger charge is -2.10. The summed E-state index contributed by atoms with van der Waals surface area (Å²) in [4.78, 5) is 8.02. The molecule has 2 aromatic heterocycles. The summed E-state index contributed by atoms with van der Waals surface area (Å²) in [6.45, 7) is 2.19. The molecule has 0 amide bonds. The summed E-state index contributed by atoms with van der Waals surface area (Å²) in [7, 11) is 0. The van der Waals surface area contributed by atoms with E-state index < -0.39 is 0 Å². The van der Waals surface area contributed by atoms with Gasteiger partial charge < -0.3 is 0 Å². The molecule has 70 valence electrons. The highest BCUT2D eigenvalue weighted by Gasteiger charge is 2.06. The van der Waals surface area contributed by atoms with Crippen LogP contribution >= 0.6 is 0 Å². The molecule has 14 heavy (non-hydrogen) atoms. The van der Waals surface area contributed by atoms with Gasteiger partial charge in [0.05, 0.1) is 0 Å². The molecule has 0 aromatic carbocycles. The summed E-state index contributed by atoms with van der Waals surface area (Å²) in [5.74, 6) is 0.404. The zero-order valence-corrected chi connectivity index (χ0v) is 8.09. The summed E-state index contributed by atoms with van der Waals surface area (Å²) < 4.78 is 0. The first-order valence-electron chi connectivity index (χ1n) is 4.68. The van der Waals surface area contributed by atoms with Crippen LogP contribution in [0.3, 0.4) is 0 Å². The Balaban J connectivity index is 2.30. The lowest BCUT2D eigenvalue weighted by molar-refractivity contribution is 0.912. The highest BCUT2D eigenvalue weighted by atomic mass is 14.6. The highest BCUT2D eigenvalue weighted by molar-refractivity contribution is 5.28. The van der Waals surface area contributed by atoms with E-state index in [0.29, 0.717) is 5.92 Å². The quantitative estimate of drug-likeness (QED) is 0.717. The van der Waals surface area contributed by atoms with Gasteiger partial charge in [0.15, 0.2) is 0 Å². The van der Waals surface area contributed by atoms with Crippen LogP contribution in [0.25, 0.3) is 0 Å². The van der Waals surface area contributed by atoms with Crippen LogP contribution in [0.15, 0.2) is 49.1 Å². The van der Waals surface area contributed by atoms with Crippen molar-refractivity contribution in [2.24, 2.45) is 0 Å². The minimum atomic E-state index is 0.404. The SMILES string of the molecule is CC(c1ccncc1)c1ccncc1. The van der Waals surface area contributed by atoms with Crippen molar-refractivity contribution in [3.8, 4) is 0 Å². The first kappa shape index (κ1) is 8.88. The van der Waals surface area contributed by atoms with Gasteiger partial charge in [-0.25, -0.2) is 0 Å². The van der Waals surface area contributed by atoms with E-state index in [0.717, 1.165) is 0 Å². The first-order chi connectivity index (χ1) is 6.88. The van der Waals surface area contributed by atoms with Gasteiger partial charge in [0.2, 0.25) is 0 Å². The molecule has 2 heterocycles. The Bertz CT molecular complexity index is 344. The Kier molecular flexibility index (Phi) is 2.54. The van der Waals surface area contributed by atoms with Crippen LogP contribution in [-0.4, -0.2) is 9.97 Å². The molecule has 0 aliphatic rings. The van der Waals surface area contributed by atoms with Gasteiger partial charge in [-0.05, 0) is 35.4 Å². The predicted octanol–water partition coefficient (Wildman–Crippen LogP) is 2.63. The molecule has 0 saturated heterocycles. The predicted molar refractivity (Wildman–Crippen MR) is 56.0 cm³/mol. The van der Waals surface area contributed by atoms with Crippen LogP contribution in [0.5, 0.6) is 0 Å². The number of hydrogen-bond acceptors (Lipinski definition) is 2. The summed E-state index contributed by atoms with van der Waals surface area (Å²) in [6, 6.07) is 8.19. The van der Waals surface area contributed by atoms with Crippen molar-refractivity contribution in [1.82, 2.24) is 9.97 Å². The van der Waals surface area contributed by atoms with Gasteiger partial charge >= 0.3 is 0 Å². The van der Waals surface area contributed by atoms with Crippen LogP contribution in [0.4, 0.5) is 0 Å². The summed E-state index contributed by atoms with van der Waals surface area (Å²) >= 11 is 0. The minimum Gasteiger partial charge on any atom is -0.265 e. The van der Waals surface area contributed by atoms with Gasteiger partial charge in [0.1, 0.15) is 0 Å². The van der Waals surface area contributed by atoms with Gasteiger partial charge in [-0.2, -0.15) is 0 Å². The number of hydrogen-bond donors (Lipinski definition) is 0. The number of aromatic nitrogens is 2. The molecule has 2 rings (SSSR count). The Morgan fingerprint density at radius 1 is 0.786 bits per heavy atom. The molecule has 2 heteroatoms. The Morgan fingerprint density at radius 3 is 1.50 bits per heavy atom. The molecule has 2 nitrogen and oxygen atoms in total. The molecule has 0 N–H and O–H groups in total. The van der Waals surface area contributed by atoms with Gasteiger partial charge in [0, 0.05) is 30.7 Å². The third-order valence-electron chi connectivity index (χ3n) is 2.41. The van der Waals surface area contributed by atoms with Crippen molar-refractivity contribution in [1.29, 1.82) is 0 Å². The Hall–Kier alpha value is -1.70. The molecule has 0 unspecified atom stereocenters. The van der Waals surface area contributed by atoms with Crippen LogP contribution < -0.4 is 0 Å². The van der Waals surface area contributed by atoms with E-state index in [1.807, 2.05) is 49.1 Å². The number of nitrogens with zero attached hydrogens (tertiary/aromatic N) is 2. The summed E-state index contributed by atoms with van der Waals surface area (Å²) in [5, 5.41) is 0. The number of pyridine rings is 2. The van der Waals surface area contributed by atoms with Crippen molar-refractivity contribution >= 4 is 0 Å². The molecule has 0 bridgehead atoms. The number of rotatable bonds is 2. The van der Waals surface area contributed by atoms with E-state index in [-0.39, 0.29) is 0 Å². The normalized spacial score (nSPS) is 10.4. The minimum absolute atomic E-state index is 0.404. The van der Waals surface area contributed by atoms with Crippen molar-refractivity contribution in [2.75, 3.05) is 0 Å². The van der Waals surface area contributed by atoms with Gasteiger partial charge in [-0.15, -0.1) is 0 Å². The fourth-order valence-electron chi connectivity index (χ4n) is 1.50. The molecular formula is C12H12N2. The molecule has 0 radical (unpaired) electrons. The standard InChI is InChI=1S/C12H12N2/c1-10(11-2-6-13-7-3-11)12-4-8-14-9-5-12/h2-10H,1H3. The summed E-state index contributed by atoms with van der Waals surface area (Å²) in [6.07, 6.45) is 7.31. The second kappa shape index (κ2) is 4.01. The van der Waals surface area contributed by atoms with E-state index in [2.05, 4.69) is 16.9 Å². The van der Waals surface area contributed by atoms with Crippen LogP contribution in [0.1, 0.15) is 24.0 Å². The topological polar surface area (TPSA) is 25.8 Å². The molecule has 0 spiro atoms. The van der Waals surface area contributed by atoms with Gasteiger partial charge in [-0.3, -0.25) is 9.97 Å². The lowest BCUT2D eigenvalue weighted by Crippen LogP contribution is -1.95. The van der Waals surface area contributed by atoms with E-state index >= 15 is 0 Å². The van der Waals surface area contributed by atoms with Crippen LogP contribution in [0, 0.1) is 0 Å². The maximum atomic E-state index is 4.01. The maximum absolute atomic E-state index is 4.01. The fourth-order valence-corrected chi connectivity index (χ4v) is 1.50. The third-order valence-corrected chi connectivity index (χ3v) is 2.41. The molecule has 2 aromatic rings. The van der Waals surface area contributed by atoms with Gasteiger partial charge in [0.25, 0.3) is 0 Å². The summed E-state index contributed by atoms with van der Waals surface area (Å²) in [5.41, 5.74) is 2.57. The fraction of sp³-hybridized carbons (Fsp3) is 0.167. The van der Waals surface area contributed by atoms with E-state index in [1.54, 1.807) is 0 Å².